The fraction of sp³-hybridized carbons (Fsp3) is 0.267. The molecule has 1 aromatic carbocycles. The Hall–Kier alpha value is -1.77. The number of halogens is 3. The predicted molar refractivity (Wildman–Crippen MR) is 86.6 cm³/mol. The van der Waals surface area contributed by atoms with E-state index in [2.05, 4.69) is 4.98 Å². The summed E-state index contributed by atoms with van der Waals surface area (Å²) in [6.07, 6.45) is 1.62. The Kier molecular flexibility index (Phi) is 4.71. The van der Waals surface area contributed by atoms with Crippen molar-refractivity contribution in [3.05, 3.63) is 53.2 Å². The van der Waals surface area contributed by atoms with E-state index >= 15 is 0 Å². The lowest BCUT2D eigenvalue weighted by molar-refractivity contribution is 0.383. The zero-order chi connectivity index (χ0) is 17.3. The number of pyridine rings is 1. The maximum Gasteiger partial charge on any atom is 0.243 e. The molecule has 24 heavy (non-hydrogen) atoms. The van der Waals surface area contributed by atoms with Crippen LogP contribution in [0.5, 0.6) is 0 Å². The van der Waals surface area contributed by atoms with Crippen LogP contribution in [0.2, 0.25) is 5.02 Å². The van der Waals surface area contributed by atoms with E-state index in [1.165, 1.54) is 4.31 Å². The van der Waals surface area contributed by atoms with Gasteiger partial charge in [-0.15, -0.1) is 0 Å². The van der Waals surface area contributed by atoms with Gasteiger partial charge in [0.25, 0.3) is 0 Å². The van der Waals surface area contributed by atoms with Gasteiger partial charge in [-0.05, 0) is 30.3 Å². The van der Waals surface area contributed by atoms with Crippen molar-refractivity contribution in [2.24, 2.45) is 0 Å². The smallest absolute Gasteiger partial charge is 0.243 e. The molecular formula is C15H14ClF2N3O2S. The molecule has 1 aliphatic heterocycles. The van der Waals surface area contributed by atoms with Gasteiger partial charge >= 0.3 is 0 Å². The summed E-state index contributed by atoms with van der Waals surface area (Å²) < 4.78 is 52.6. The summed E-state index contributed by atoms with van der Waals surface area (Å²) in [5.41, 5.74) is 0. The van der Waals surface area contributed by atoms with Gasteiger partial charge in [0.05, 0.1) is 9.92 Å². The summed E-state index contributed by atoms with van der Waals surface area (Å²) in [7, 11) is -3.87. The lowest BCUT2D eigenvalue weighted by Crippen LogP contribution is -2.49. The van der Waals surface area contributed by atoms with Gasteiger partial charge in [-0.2, -0.15) is 4.31 Å². The maximum atomic E-state index is 13.3. The van der Waals surface area contributed by atoms with Crippen molar-refractivity contribution in [2.75, 3.05) is 31.1 Å². The van der Waals surface area contributed by atoms with Gasteiger partial charge in [0, 0.05) is 32.4 Å². The summed E-state index contributed by atoms with van der Waals surface area (Å²) in [5, 5.41) is 0.495. The zero-order valence-corrected chi connectivity index (χ0v) is 14.1. The van der Waals surface area contributed by atoms with Crippen molar-refractivity contribution in [3.63, 3.8) is 0 Å². The molecule has 0 bridgehead atoms. The van der Waals surface area contributed by atoms with E-state index in [4.69, 9.17) is 11.6 Å². The van der Waals surface area contributed by atoms with Crippen LogP contribution in [0.4, 0.5) is 14.6 Å². The summed E-state index contributed by atoms with van der Waals surface area (Å²) in [6, 6.07) is 6.01. The highest BCUT2D eigenvalue weighted by atomic mass is 35.5. The third-order valence-electron chi connectivity index (χ3n) is 3.81. The van der Waals surface area contributed by atoms with Crippen molar-refractivity contribution < 1.29 is 17.2 Å². The van der Waals surface area contributed by atoms with Gasteiger partial charge in [0.15, 0.2) is 11.6 Å². The molecular weight excluding hydrogens is 360 g/mol. The van der Waals surface area contributed by atoms with E-state index in [-0.39, 0.29) is 18.0 Å². The molecule has 1 aliphatic rings. The standard InChI is InChI=1S/C15H14ClF2N3O2S/c16-12-2-1-5-19-15(12)20-6-8-21(9-7-20)24(22,23)11-3-4-13(17)14(18)10-11/h1-5,10H,6-9H2. The predicted octanol–water partition coefficient (Wildman–Crippen LogP) is 2.52. The van der Waals surface area contributed by atoms with Gasteiger partial charge in [0.1, 0.15) is 5.82 Å². The molecule has 2 aromatic rings. The van der Waals surface area contributed by atoms with Crippen LogP contribution in [-0.4, -0.2) is 43.9 Å². The van der Waals surface area contributed by atoms with Crippen molar-refractivity contribution in [2.45, 2.75) is 4.90 Å². The second-order valence-corrected chi connectivity index (χ2v) is 7.62. The number of nitrogens with zero attached hydrogens (tertiary/aromatic N) is 3. The van der Waals surface area contributed by atoms with E-state index < -0.39 is 21.7 Å². The third-order valence-corrected chi connectivity index (χ3v) is 6.00. The van der Waals surface area contributed by atoms with Crippen LogP contribution in [0.25, 0.3) is 0 Å². The Labute approximate surface area is 143 Å². The van der Waals surface area contributed by atoms with Gasteiger partial charge < -0.3 is 4.90 Å². The molecule has 5 nitrogen and oxygen atoms in total. The number of aromatic nitrogens is 1. The monoisotopic (exact) mass is 373 g/mol. The normalized spacial score (nSPS) is 16.4. The van der Waals surface area contributed by atoms with Crippen molar-refractivity contribution in [1.29, 1.82) is 0 Å². The van der Waals surface area contributed by atoms with Gasteiger partial charge in [0.2, 0.25) is 10.0 Å². The van der Waals surface area contributed by atoms with E-state index in [0.717, 1.165) is 12.1 Å². The molecule has 1 saturated heterocycles. The van der Waals surface area contributed by atoms with Crippen LogP contribution in [0.3, 0.4) is 0 Å². The number of hydrogen-bond donors (Lipinski definition) is 0. The number of benzene rings is 1. The molecule has 0 radical (unpaired) electrons. The first kappa shape index (κ1) is 17.1. The summed E-state index contributed by atoms with van der Waals surface area (Å²) in [5.74, 6) is -1.66. The second-order valence-electron chi connectivity index (χ2n) is 5.28. The molecule has 0 amide bonds. The molecule has 0 unspecified atom stereocenters. The van der Waals surface area contributed by atoms with Crippen LogP contribution in [0, 0.1) is 11.6 Å². The summed E-state index contributed by atoms with van der Waals surface area (Å²) in [6.45, 7) is 1.21. The SMILES string of the molecule is O=S(=O)(c1ccc(F)c(F)c1)N1CCN(c2ncccc2Cl)CC1. The summed E-state index contributed by atoms with van der Waals surface area (Å²) in [4.78, 5) is 5.83. The largest absolute Gasteiger partial charge is 0.353 e. The molecule has 0 atom stereocenters. The Morgan fingerprint density at radius 3 is 2.38 bits per heavy atom. The highest BCUT2D eigenvalue weighted by Crippen LogP contribution is 2.25. The van der Waals surface area contributed by atoms with Crippen LogP contribution < -0.4 is 4.90 Å². The first-order valence-electron chi connectivity index (χ1n) is 7.20. The average Bonchev–Trinajstić information content (AvgIpc) is 2.58. The molecule has 9 heteroatoms. The Balaban J connectivity index is 1.76. The average molecular weight is 374 g/mol. The topological polar surface area (TPSA) is 53.5 Å². The van der Waals surface area contributed by atoms with Crippen molar-refractivity contribution in [1.82, 2.24) is 9.29 Å². The maximum absolute atomic E-state index is 13.3. The van der Waals surface area contributed by atoms with E-state index in [0.29, 0.717) is 30.0 Å². The first-order valence-corrected chi connectivity index (χ1v) is 9.02. The minimum Gasteiger partial charge on any atom is -0.353 e. The van der Waals surface area contributed by atoms with E-state index in [1.54, 1.807) is 18.3 Å². The fourth-order valence-electron chi connectivity index (χ4n) is 2.54. The van der Waals surface area contributed by atoms with E-state index in [9.17, 15) is 17.2 Å². The Bertz CT molecular complexity index is 856. The fourth-order valence-corrected chi connectivity index (χ4v) is 4.21. The molecule has 0 N–H and O–H groups in total. The van der Waals surface area contributed by atoms with E-state index in [1.807, 2.05) is 4.90 Å². The van der Waals surface area contributed by atoms with Crippen molar-refractivity contribution >= 4 is 27.4 Å². The van der Waals surface area contributed by atoms with Gasteiger partial charge in [-0.1, -0.05) is 11.6 Å². The molecule has 0 saturated carbocycles. The highest BCUT2D eigenvalue weighted by Gasteiger charge is 2.30. The lowest BCUT2D eigenvalue weighted by Gasteiger charge is -2.35. The van der Waals surface area contributed by atoms with Crippen LogP contribution in [-0.2, 0) is 10.0 Å². The molecule has 128 valence electrons. The number of rotatable bonds is 3. The van der Waals surface area contributed by atoms with Crippen molar-refractivity contribution in [3.8, 4) is 0 Å². The molecule has 0 spiro atoms. The molecule has 0 aliphatic carbocycles. The second kappa shape index (κ2) is 6.62. The Morgan fingerprint density at radius 2 is 1.75 bits per heavy atom. The zero-order valence-electron chi connectivity index (χ0n) is 12.5. The van der Waals surface area contributed by atoms with Gasteiger partial charge in [-0.3, -0.25) is 0 Å². The number of hydrogen-bond acceptors (Lipinski definition) is 4. The number of piperazine rings is 1. The lowest BCUT2D eigenvalue weighted by atomic mass is 10.3. The molecule has 1 fully saturated rings. The summed E-state index contributed by atoms with van der Waals surface area (Å²) >= 11 is 6.10. The quantitative estimate of drug-likeness (QED) is 0.829. The first-order chi connectivity index (χ1) is 11.4. The van der Waals surface area contributed by atoms with Gasteiger partial charge in [-0.25, -0.2) is 22.2 Å². The number of anilines is 1. The minimum absolute atomic E-state index is 0.203. The van der Waals surface area contributed by atoms with Crippen LogP contribution in [0.1, 0.15) is 0 Å². The Morgan fingerprint density at radius 1 is 1.04 bits per heavy atom. The van der Waals surface area contributed by atoms with Crippen LogP contribution in [0.15, 0.2) is 41.4 Å². The number of sulfonamides is 1. The molecule has 1 aromatic heterocycles. The third kappa shape index (κ3) is 3.22. The minimum atomic E-state index is -3.87. The molecule has 3 rings (SSSR count). The molecule has 2 heterocycles. The highest BCUT2D eigenvalue weighted by molar-refractivity contribution is 7.89. The van der Waals surface area contributed by atoms with Crippen LogP contribution >= 0.6 is 11.6 Å².